The summed E-state index contributed by atoms with van der Waals surface area (Å²) in [6.45, 7) is 2.63. The number of nitrogens with zero attached hydrogens (tertiary/aromatic N) is 3. The van der Waals surface area contributed by atoms with Gasteiger partial charge >= 0.3 is 0 Å². The van der Waals surface area contributed by atoms with Crippen molar-refractivity contribution in [3.63, 3.8) is 0 Å². The van der Waals surface area contributed by atoms with Crippen LogP contribution in [0.5, 0.6) is 0 Å². The van der Waals surface area contributed by atoms with Crippen LogP contribution in [-0.2, 0) is 4.74 Å². The molecule has 1 aromatic carbocycles. The van der Waals surface area contributed by atoms with Gasteiger partial charge in [0, 0.05) is 19.0 Å². The molecule has 118 valence electrons. The van der Waals surface area contributed by atoms with E-state index in [2.05, 4.69) is 11.1 Å². The number of oxazole rings is 1. The summed E-state index contributed by atoms with van der Waals surface area (Å²) in [6.07, 6.45) is 0.872. The second-order valence-electron chi connectivity index (χ2n) is 5.92. The molecule has 2 unspecified atom stereocenters. The van der Waals surface area contributed by atoms with Crippen LogP contribution in [0.25, 0.3) is 0 Å². The Kier molecular flexibility index (Phi) is 3.50. The van der Waals surface area contributed by atoms with E-state index in [0.717, 1.165) is 12.0 Å². The maximum atomic E-state index is 13.3. The van der Waals surface area contributed by atoms with Gasteiger partial charge in [0.15, 0.2) is 0 Å². The number of hydrogen-bond acceptors (Lipinski definition) is 5. The van der Waals surface area contributed by atoms with Crippen molar-refractivity contribution in [3.05, 3.63) is 47.2 Å². The Morgan fingerprint density at radius 3 is 2.83 bits per heavy atom. The zero-order chi connectivity index (χ0) is 15.8. The molecule has 0 amide bonds. The first-order valence-corrected chi connectivity index (χ1v) is 7.75. The fourth-order valence-electron chi connectivity index (χ4n) is 3.11. The number of nitriles is 1. The highest BCUT2D eigenvalue weighted by atomic mass is 19.1. The Balaban J connectivity index is 1.57. The van der Waals surface area contributed by atoms with E-state index in [-0.39, 0.29) is 17.7 Å². The van der Waals surface area contributed by atoms with E-state index in [9.17, 15) is 9.65 Å². The molecule has 2 aromatic rings. The molecule has 2 fully saturated rings. The van der Waals surface area contributed by atoms with Crippen molar-refractivity contribution in [1.82, 2.24) is 4.98 Å². The number of aromatic nitrogens is 1. The van der Waals surface area contributed by atoms with Gasteiger partial charge in [0.1, 0.15) is 11.9 Å². The molecule has 1 saturated carbocycles. The molecule has 0 bridgehead atoms. The van der Waals surface area contributed by atoms with Crippen LogP contribution in [0, 0.1) is 17.1 Å². The minimum Gasteiger partial charge on any atom is -0.423 e. The third kappa shape index (κ3) is 2.68. The highest BCUT2D eigenvalue weighted by molar-refractivity contribution is 5.49. The fraction of sp³-hybridized carbons (Fsp3) is 0.412. The molecule has 1 saturated heterocycles. The van der Waals surface area contributed by atoms with E-state index in [1.807, 2.05) is 11.0 Å². The molecule has 23 heavy (non-hydrogen) atoms. The zero-order valence-corrected chi connectivity index (χ0v) is 12.5. The summed E-state index contributed by atoms with van der Waals surface area (Å²) in [5.41, 5.74) is 1.28. The van der Waals surface area contributed by atoms with Crippen LogP contribution in [0.15, 0.2) is 28.7 Å². The standard InChI is InChI=1S/C17H16FN3O2/c18-12-3-1-2-11(8-12)13-9-14(13)16-20-15(10-19)17(23-16)21-4-6-22-7-5-21/h1-3,8,13-14H,4-7,9H2. The van der Waals surface area contributed by atoms with Gasteiger partial charge < -0.3 is 14.1 Å². The number of rotatable bonds is 3. The molecule has 2 aliphatic rings. The predicted molar refractivity (Wildman–Crippen MR) is 80.7 cm³/mol. The van der Waals surface area contributed by atoms with Gasteiger partial charge in [-0.15, -0.1) is 0 Å². The van der Waals surface area contributed by atoms with Crippen molar-refractivity contribution in [2.24, 2.45) is 0 Å². The van der Waals surface area contributed by atoms with E-state index in [0.29, 0.717) is 43.8 Å². The number of benzene rings is 1. The molecule has 5 nitrogen and oxygen atoms in total. The monoisotopic (exact) mass is 313 g/mol. The smallest absolute Gasteiger partial charge is 0.234 e. The van der Waals surface area contributed by atoms with Gasteiger partial charge in [-0.1, -0.05) is 12.1 Å². The topological polar surface area (TPSA) is 62.3 Å². The largest absolute Gasteiger partial charge is 0.423 e. The summed E-state index contributed by atoms with van der Waals surface area (Å²) >= 11 is 0. The molecule has 1 aromatic heterocycles. The second-order valence-corrected chi connectivity index (χ2v) is 5.92. The first-order chi connectivity index (χ1) is 11.3. The van der Waals surface area contributed by atoms with Crippen LogP contribution in [0.1, 0.15) is 35.4 Å². The van der Waals surface area contributed by atoms with Crippen LogP contribution in [0.4, 0.5) is 10.3 Å². The second kappa shape index (κ2) is 5.67. The lowest BCUT2D eigenvalue weighted by atomic mass is 10.1. The maximum absolute atomic E-state index is 13.3. The van der Waals surface area contributed by atoms with E-state index in [1.165, 1.54) is 6.07 Å². The quantitative estimate of drug-likeness (QED) is 0.872. The highest BCUT2D eigenvalue weighted by Gasteiger charge is 2.44. The third-order valence-corrected chi connectivity index (χ3v) is 4.41. The Bertz CT molecular complexity index is 761. The maximum Gasteiger partial charge on any atom is 0.234 e. The minimum absolute atomic E-state index is 0.124. The van der Waals surface area contributed by atoms with Crippen LogP contribution >= 0.6 is 0 Å². The summed E-state index contributed by atoms with van der Waals surface area (Å²) in [6, 6.07) is 8.75. The molecule has 1 aliphatic heterocycles. The van der Waals surface area contributed by atoms with Gasteiger partial charge in [0.05, 0.1) is 13.2 Å². The van der Waals surface area contributed by atoms with Crippen molar-refractivity contribution in [1.29, 1.82) is 5.26 Å². The minimum atomic E-state index is -0.229. The van der Waals surface area contributed by atoms with Crippen molar-refractivity contribution < 1.29 is 13.5 Å². The molecule has 4 rings (SSSR count). The Morgan fingerprint density at radius 1 is 1.26 bits per heavy atom. The summed E-state index contributed by atoms with van der Waals surface area (Å²) in [5, 5.41) is 9.30. The average molecular weight is 313 g/mol. The van der Waals surface area contributed by atoms with Gasteiger partial charge in [0.25, 0.3) is 0 Å². The van der Waals surface area contributed by atoms with Gasteiger partial charge in [-0.3, -0.25) is 0 Å². The number of hydrogen-bond donors (Lipinski definition) is 0. The highest BCUT2D eigenvalue weighted by Crippen LogP contribution is 2.55. The molecule has 2 heterocycles. The number of halogens is 1. The van der Waals surface area contributed by atoms with Crippen LogP contribution in [0.2, 0.25) is 0 Å². The summed E-state index contributed by atoms with van der Waals surface area (Å²) in [4.78, 5) is 6.36. The first kappa shape index (κ1) is 14.2. The molecule has 0 N–H and O–H groups in total. The van der Waals surface area contributed by atoms with E-state index in [4.69, 9.17) is 9.15 Å². The van der Waals surface area contributed by atoms with E-state index < -0.39 is 0 Å². The van der Waals surface area contributed by atoms with Gasteiger partial charge in [-0.05, 0) is 30.0 Å². The zero-order valence-electron chi connectivity index (χ0n) is 12.5. The lowest BCUT2D eigenvalue weighted by Gasteiger charge is -2.26. The Morgan fingerprint density at radius 2 is 2.09 bits per heavy atom. The molecule has 0 spiro atoms. The lowest BCUT2D eigenvalue weighted by molar-refractivity contribution is 0.120. The first-order valence-electron chi connectivity index (χ1n) is 7.75. The number of morpholine rings is 1. The molecule has 6 heteroatoms. The van der Waals surface area contributed by atoms with Crippen LogP contribution < -0.4 is 4.90 Å². The van der Waals surface area contributed by atoms with Crippen molar-refractivity contribution in [3.8, 4) is 6.07 Å². The summed E-state index contributed by atoms with van der Waals surface area (Å²) in [5.74, 6) is 1.23. The average Bonchev–Trinajstić information content (AvgIpc) is 3.27. The van der Waals surface area contributed by atoms with E-state index in [1.54, 1.807) is 12.1 Å². The fourth-order valence-corrected chi connectivity index (χ4v) is 3.11. The van der Waals surface area contributed by atoms with Crippen molar-refractivity contribution in [2.45, 2.75) is 18.3 Å². The number of ether oxygens (including phenoxy) is 1. The number of anilines is 1. The normalized spacial score (nSPS) is 23.6. The van der Waals surface area contributed by atoms with Gasteiger partial charge in [-0.2, -0.15) is 5.26 Å². The molecule has 0 radical (unpaired) electrons. The third-order valence-electron chi connectivity index (χ3n) is 4.41. The predicted octanol–water partition coefficient (Wildman–Crippen LogP) is 2.79. The van der Waals surface area contributed by atoms with Crippen molar-refractivity contribution >= 4 is 5.88 Å². The molecule has 2 atom stereocenters. The SMILES string of the molecule is N#Cc1nc(C2CC2c2cccc(F)c2)oc1N1CCOCC1. The molecular formula is C17H16FN3O2. The van der Waals surface area contributed by atoms with Gasteiger partial charge in [-0.25, -0.2) is 9.37 Å². The van der Waals surface area contributed by atoms with Crippen LogP contribution in [0.3, 0.4) is 0 Å². The summed E-state index contributed by atoms with van der Waals surface area (Å²) < 4.78 is 24.6. The van der Waals surface area contributed by atoms with Gasteiger partial charge in [0.2, 0.25) is 17.5 Å². The Hall–Kier alpha value is -2.39. The van der Waals surface area contributed by atoms with Crippen molar-refractivity contribution in [2.75, 3.05) is 31.2 Å². The van der Waals surface area contributed by atoms with Crippen LogP contribution in [-0.4, -0.2) is 31.3 Å². The lowest BCUT2D eigenvalue weighted by Crippen LogP contribution is -2.36. The van der Waals surface area contributed by atoms with E-state index >= 15 is 0 Å². The summed E-state index contributed by atoms with van der Waals surface area (Å²) in [7, 11) is 0. The molecule has 1 aliphatic carbocycles. The Labute approximate surface area is 133 Å². The molecular weight excluding hydrogens is 297 g/mol.